The van der Waals surface area contributed by atoms with Crippen LogP contribution in [-0.2, 0) is 13.3 Å². The summed E-state index contributed by atoms with van der Waals surface area (Å²) in [6.45, 7) is 5.60. The highest BCUT2D eigenvalue weighted by Crippen LogP contribution is 2.15. The fraction of sp³-hybridized carbons (Fsp3) is 1.00. The first kappa shape index (κ1) is 33.5. The number of unbranched alkanes of at least 4 members (excludes halogenated alkanes) is 14. The molecule has 1 N–H and O–H groups in total. The number of halogens is 1. The highest BCUT2D eigenvalue weighted by atomic mass is 35.5. The Bertz CT molecular complexity index is 338. The van der Waals surface area contributed by atoms with Gasteiger partial charge in [-0.3, -0.25) is 0 Å². The topological polar surface area (TPSA) is 39.7 Å². The second kappa shape index (κ2) is 25.0. The summed E-state index contributed by atoms with van der Waals surface area (Å²) in [7, 11) is 2.67. The molecule has 0 saturated heterocycles. The van der Waals surface area contributed by atoms with Gasteiger partial charge in [-0.1, -0.05) is 103 Å². The van der Waals surface area contributed by atoms with Crippen molar-refractivity contribution in [2.45, 2.75) is 135 Å². The third kappa shape index (κ3) is 20.7. The molecule has 1 unspecified atom stereocenters. The molecule has 6 heteroatoms. The van der Waals surface area contributed by atoms with Crippen molar-refractivity contribution in [2.24, 2.45) is 0 Å². The summed E-state index contributed by atoms with van der Waals surface area (Å²) in [6, 6.07) is 1.46. The first-order valence-corrected chi connectivity index (χ1v) is 15.0. The minimum absolute atomic E-state index is 0. The van der Waals surface area contributed by atoms with Crippen molar-refractivity contribution in [2.75, 3.05) is 27.9 Å². The average Bonchev–Trinajstić information content (AvgIpc) is 2.77. The predicted octanol–water partition coefficient (Wildman–Crippen LogP) is 7.92. The summed E-state index contributed by atoms with van der Waals surface area (Å²) in [5.74, 6) is 0. The van der Waals surface area contributed by atoms with Gasteiger partial charge in [-0.15, -0.1) is 12.4 Å². The van der Waals surface area contributed by atoms with Crippen LogP contribution in [0.5, 0.6) is 0 Å². The molecule has 0 aliphatic heterocycles. The van der Waals surface area contributed by atoms with Crippen molar-refractivity contribution in [1.82, 2.24) is 5.32 Å². The summed E-state index contributed by atoms with van der Waals surface area (Å²) in [5, 5.41) is 3.63. The molecule has 0 spiro atoms. The molecule has 31 heavy (non-hydrogen) atoms. The van der Waals surface area contributed by atoms with Crippen molar-refractivity contribution >= 4 is 21.2 Å². The van der Waals surface area contributed by atoms with Crippen molar-refractivity contribution in [1.29, 1.82) is 0 Å². The molecule has 0 aliphatic carbocycles. The normalized spacial score (nSPS) is 12.7. The number of rotatable bonds is 24. The van der Waals surface area contributed by atoms with Gasteiger partial charge in [0.2, 0.25) is 0 Å². The Hall–Kier alpha value is 0.347. The summed E-state index contributed by atoms with van der Waals surface area (Å²) >= 11 is 0. The smallest absolute Gasteiger partial charge is 0.377 e. The molecule has 0 aliphatic rings. The van der Waals surface area contributed by atoms with Crippen LogP contribution in [0, 0.1) is 0 Å². The van der Waals surface area contributed by atoms with Crippen LogP contribution in [0.4, 0.5) is 0 Å². The van der Waals surface area contributed by atoms with Crippen LogP contribution in [0.25, 0.3) is 0 Å². The van der Waals surface area contributed by atoms with E-state index < -0.39 is 8.80 Å². The number of hydrogen-bond acceptors (Lipinski definition) is 4. The maximum Gasteiger partial charge on any atom is 0.500 e. The first-order chi connectivity index (χ1) is 14.6. The molecule has 0 radical (unpaired) electrons. The second-order valence-electron chi connectivity index (χ2n) is 8.99. The zero-order chi connectivity index (χ0) is 22.3. The standard InChI is InChI=1S/C25H55NO3Si.ClH/c1-6-7-8-9-10-11-12-13-14-15-16-17-18-19-20-22-25(2)26-23-21-24-30(27-3,28-4)29-5;/h25-26H,6-24H2,1-5H3;1H. The third-order valence-electron chi connectivity index (χ3n) is 6.33. The van der Waals surface area contributed by atoms with Crippen LogP contribution in [0.15, 0.2) is 0 Å². The van der Waals surface area contributed by atoms with Crippen LogP contribution in [0.2, 0.25) is 6.04 Å². The van der Waals surface area contributed by atoms with Crippen LogP contribution in [-0.4, -0.2) is 42.7 Å². The van der Waals surface area contributed by atoms with E-state index in [1.807, 2.05) is 0 Å². The lowest BCUT2D eigenvalue weighted by Crippen LogP contribution is -2.43. The van der Waals surface area contributed by atoms with E-state index >= 15 is 0 Å². The molecule has 0 aromatic rings. The van der Waals surface area contributed by atoms with Gasteiger partial charge in [0.05, 0.1) is 0 Å². The monoisotopic (exact) mass is 481 g/mol. The van der Waals surface area contributed by atoms with E-state index in [0.717, 1.165) is 19.0 Å². The van der Waals surface area contributed by atoms with Crippen molar-refractivity contribution in [3.8, 4) is 0 Å². The maximum atomic E-state index is 5.47. The summed E-state index contributed by atoms with van der Waals surface area (Å²) < 4.78 is 16.4. The minimum atomic E-state index is -2.39. The lowest BCUT2D eigenvalue weighted by molar-refractivity contribution is 0.123. The van der Waals surface area contributed by atoms with Gasteiger partial charge in [-0.2, -0.15) is 0 Å². The highest BCUT2D eigenvalue weighted by molar-refractivity contribution is 6.60. The average molecular weight is 482 g/mol. The van der Waals surface area contributed by atoms with E-state index in [9.17, 15) is 0 Å². The van der Waals surface area contributed by atoms with E-state index in [0.29, 0.717) is 6.04 Å². The van der Waals surface area contributed by atoms with Gasteiger partial charge in [0.1, 0.15) is 0 Å². The summed E-state index contributed by atoms with van der Waals surface area (Å²) in [6.07, 6.45) is 23.8. The van der Waals surface area contributed by atoms with Gasteiger partial charge in [0.25, 0.3) is 0 Å². The van der Waals surface area contributed by atoms with Gasteiger partial charge in [0.15, 0.2) is 0 Å². The molecular weight excluding hydrogens is 426 g/mol. The number of nitrogens with one attached hydrogen (secondary N) is 1. The fourth-order valence-corrected chi connectivity index (χ4v) is 5.86. The lowest BCUT2D eigenvalue weighted by atomic mass is 10.0. The molecule has 4 nitrogen and oxygen atoms in total. The molecule has 0 bridgehead atoms. The van der Waals surface area contributed by atoms with Gasteiger partial charge < -0.3 is 18.6 Å². The van der Waals surface area contributed by atoms with E-state index in [-0.39, 0.29) is 12.4 Å². The summed E-state index contributed by atoms with van der Waals surface area (Å²) in [4.78, 5) is 0. The Morgan fingerprint density at radius 2 is 1.00 bits per heavy atom. The zero-order valence-corrected chi connectivity index (χ0v) is 23.5. The highest BCUT2D eigenvalue weighted by Gasteiger charge is 2.36. The lowest BCUT2D eigenvalue weighted by Gasteiger charge is -2.24. The van der Waals surface area contributed by atoms with E-state index in [1.54, 1.807) is 21.3 Å². The van der Waals surface area contributed by atoms with Crippen molar-refractivity contribution < 1.29 is 13.3 Å². The van der Waals surface area contributed by atoms with E-state index in [2.05, 4.69) is 19.2 Å². The fourth-order valence-electron chi connectivity index (χ4n) is 4.13. The van der Waals surface area contributed by atoms with Gasteiger partial charge in [0, 0.05) is 33.4 Å². The molecule has 0 saturated carbocycles. The van der Waals surface area contributed by atoms with E-state index in [1.165, 1.54) is 103 Å². The molecule has 0 rings (SSSR count). The molecular formula is C25H56ClNO3Si. The molecule has 190 valence electrons. The molecule has 0 heterocycles. The molecule has 0 aromatic heterocycles. The second-order valence-corrected chi connectivity index (χ2v) is 12.1. The van der Waals surface area contributed by atoms with Crippen LogP contribution in [0.1, 0.15) is 123 Å². The molecule has 0 fully saturated rings. The minimum Gasteiger partial charge on any atom is -0.377 e. The largest absolute Gasteiger partial charge is 0.500 e. The van der Waals surface area contributed by atoms with Crippen molar-refractivity contribution in [3.05, 3.63) is 0 Å². The van der Waals surface area contributed by atoms with Gasteiger partial charge in [-0.25, -0.2) is 0 Å². The first-order valence-electron chi connectivity index (χ1n) is 13.0. The maximum absolute atomic E-state index is 5.47. The summed E-state index contributed by atoms with van der Waals surface area (Å²) in [5.41, 5.74) is 0. The van der Waals surface area contributed by atoms with Gasteiger partial charge >= 0.3 is 8.80 Å². The Balaban J connectivity index is 0. The van der Waals surface area contributed by atoms with Gasteiger partial charge in [-0.05, 0) is 26.3 Å². The van der Waals surface area contributed by atoms with E-state index in [4.69, 9.17) is 13.3 Å². The van der Waals surface area contributed by atoms with Crippen molar-refractivity contribution in [3.63, 3.8) is 0 Å². The third-order valence-corrected chi connectivity index (χ3v) is 9.16. The molecule has 0 amide bonds. The zero-order valence-electron chi connectivity index (χ0n) is 21.6. The molecule has 0 aromatic carbocycles. The SMILES string of the molecule is CCCCCCCCCCCCCCCCCC(C)NCCC[Si](OC)(OC)OC.Cl. The Morgan fingerprint density at radius 1 is 0.613 bits per heavy atom. The Labute approximate surface area is 202 Å². The Kier molecular flexibility index (Phi) is 27.0. The quantitative estimate of drug-likeness (QED) is 0.112. The predicted molar refractivity (Wildman–Crippen MR) is 140 cm³/mol. The van der Waals surface area contributed by atoms with Crippen LogP contribution < -0.4 is 5.32 Å². The Morgan fingerprint density at radius 3 is 1.39 bits per heavy atom. The van der Waals surface area contributed by atoms with Crippen LogP contribution in [0.3, 0.4) is 0 Å². The molecule has 1 atom stereocenters. The van der Waals surface area contributed by atoms with Crippen LogP contribution >= 0.6 is 12.4 Å². The number of hydrogen-bond donors (Lipinski definition) is 1.